The van der Waals surface area contributed by atoms with Crippen LogP contribution >= 0.6 is 0 Å². The highest BCUT2D eigenvalue weighted by atomic mass is 19.1. The number of carbonyl (C=O) groups is 1. The van der Waals surface area contributed by atoms with Crippen LogP contribution in [0.3, 0.4) is 0 Å². The first-order valence-corrected chi connectivity index (χ1v) is 8.45. The summed E-state index contributed by atoms with van der Waals surface area (Å²) in [6, 6.07) is 20.9. The van der Waals surface area contributed by atoms with Gasteiger partial charge in [-0.1, -0.05) is 54.6 Å². The summed E-state index contributed by atoms with van der Waals surface area (Å²) < 4.78 is 14.5. The molecule has 4 heteroatoms. The molecule has 0 fully saturated rings. The number of benzene rings is 3. The zero-order chi connectivity index (χ0) is 18.5. The second-order valence-corrected chi connectivity index (χ2v) is 6.21. The van der Waals surface area contributed by atoms with Crippen molar-refractivity contribution in [2.24, 2.45) is 0 Å². The van der Waals surface area contributed by atoms with E-state index in [1.54, 1.807) is 37.3 Å². The van der Waals surface area contributed by atoms with Crippen LogP contribution in [0.1, 0.15) is 24.0 Å². The molecular formula is C22H20FNO2. The van der Waals surface area contributed by atoms with Crippen LogP contribution in [0.2, 0.25) is 0 Å². The van der Waals surface area contributed by atoms with E-state index >= 15 is 0 Å². The van der Waals surface area contributed by atoms with Crippen LogP contribution in [0, 0.1) is 5.82 Å². The van der Waals surface area contributed by atoms with Gasteiger partial charge in [-0.3, -0.25) is 4.79 Å². The molecule has 26 heavy (non-hydrogen) atoms. The van der Waals surface area contributed by atoms with Gasteiger partial charge in [-0.15, -0.1) is 0 Å². The summed E-state index contributed by atoms with van der Waals surface area (Å²) in [6.45, 7) is 2.05. The normalized spacial score (nSPS) is 11.8. The van der Waals surface area contributed by atoms with E-state index in [9.17, 15) is 14.3 Å². The Morgan fingerprint density at radius 2 is 1.81 bits per heavy atom. The fraction of sp³-hybridized carbons (Fsp3) is 0.136. The van der Waals surface area contributed by atoms with Gasteiger partial charge in [0.25, 0.3) is 0 Å². The highest BCUT2D eigenvalue weighted by molar-refractivity contribution is 5.83. The Hall–Kier alpha value is -3.14. The molecule has 0 heterocycles. The molecule has 0 saturated heterocycles. The maximum absolute atomic E-state index is 14.5. The second kappa shape index (κ2) is 7.83. The quantitative estimate of drug-likeness (QED) is 0.706. The van der Waals surface area contributed by atoms with Crippen LogP contribution in [0.25, 0.3) is 11.1 Å². The van der Waals surface area contributed by atoms with Gasteiger partial charge in [0.05, 0.1) is 5.92 Å². The summed E-state index contributed by atoms with van der Waals surface area (Å²) in [5, 5.41) is 12.3. The van der Waals surface area contributed by atoms with Crippen LogP contribution in [-0.2, 0) is 11.3 Å². The zero-order valence-electron chi connectivity index (χ0n) is 14.4. The van der Waals surface area contributed by atoms with E-state index in [-0.39, 0.29) is 17.5 Å². The predicted octanol–water partition coefficient (Wildman–Crippen LogP) is 4.62. The lowest BCUT2D eigenvalue weighted by atomic mass is 9.96. The van der Waals surface area contributed by atoms with Gasteiger partial charge in [0.1, 0.15) is 11.6 Å². The van der Waals surface area contributed by atoms with Crippen molar-refractivity contribution in [1.82, 2.24) is 5.32 Å². The van der Waals surface area contributed by atoms with Gasteiger partial charge >= 0.3 is 0 Å². The van der Waals surface area contributed by atoms with E-state index in [1.165, 1.54) is 6.07 Å². The number of phenols is 1. The molecule has 0 unspecified atom stereocenters. The molecule has 0 bridgehead atoms. The van der Waals surface area contributed by atoms with Crippen molar-refractivity contribution >= 4 is 5.91 Å². The molecule has 3 nitrogen and oxygen atoms in total. The molecule has 3 rings (SSSR count). The maximum atomic E-state index is 14.5. The van der Waals surface area contributed by atoms with E-state index < -0.39 is 5.92 Å². The molecule has 3 aromatic rings. The summed E-state index contributed by atoms with van der Waals surface area (Å²) in [4.78, 5) is 12.4. The van der Waals surface area contributed by atoms with Crippen LogP contribution in [0.15, 0.2) is 72.8 Å². The molecule has 3 aromatic carbocycles. The smallest absolute Gasteiger partial charge is 0.227 e. The van der Waals surface area contributed by atoms with Crippen molar-refractivity contribution in [2.75, 3.05) is 0 Å². The average Bonchev–Trinajstić information content (AvgIpc) is 2.66. The highest BCUT2D eigenvalue weighted by Crippen LogP contribution is 2.26. The average molecular weight is 349 g/mol. The van der Waals surface area contributed by atoms with Gasteiger partial charge in [-0.05, 0) is 41.8 Å². The number of carbonyl (C=O) groups excluding carboxylic acids is 1. The number of aromatic hydroxyl groups is 1. The number of halogens is 1. The molecule has 0 aromatic heterocycles. The summed E-state index contributed by atoms with van der Waals surface area (Å²) in [5.74, 6) is -0.864. The van der Waals surface area contributed by atoms with E-state index in [4.69, 9.17) is 0 Å². The van der Waals surface area contributed by atoms with E-state index in [2.05, 4.69) is 5.32 Å². The first-order valence-electron chi connectivity index (χ1n) is 8.45. The van der Waals surface area contributed by atoms with Crippen molar-refractivity contribution in [3.8, 4) is 16.9 Å². The SMILES string of the molecule is C[C@@H](C(=O)NCc1cccc(O)c1)c1ccc(-c2ccccc2)c(F)c1. The number of phenolic OH excluding ortho intramolecular Hbond substituents is 1. The van der Waals surface area contributed by atoms with Crippen molar-refractivity contribution in [3.05, 3.63) is 89.7 Å². The molecule has 0 spiro atoms. The van der Waals surface area contributed by atoms with Gasteiger partial charge in [-0.25, -0.2) is 4.39 Å². The molecule has 0 aliphatic heterocycles. The van der Waals surface area contributed by atoms with E-state index in [0.717, 1.165) is 11.1 Å². The first kappa shape index (κ1) is 17.7. The fourth-order valence-electron chi connectivity index (χ4n) is 2.81. The Morgan fingerprint density at radius 1 is 1.04 bits per heavy atom. The Morgan fingerprint density at radius 3 is 2.50 bits per heavy atom. The van der Waals surface area contributed by atoms with Gasteiger partial charge in [0, 0.05) is 12.1 Å². The molecule has 0 radical (unpaired) electrons. The van der Waals surface area contributed by atoms with Gasteiger partial charge in [0.15, 0.2) is 0 Å². The minimum atomic E-state index is -0.480. The molecule has 0 aliphatic carbocycles. The Kier molecular flexibility index (Phi) is 5.32. The monoisotopic (exact) mass is 349 g/mol. The van der Waals surface area contributed by atoms with E-state index in [0.29, 0.717) is 17.7 Å². The van der Waals surface area contributed by atoms with Crippen LogP contribution in [-0.4, -0.2) is 11.0 Å². The number of nitrogens with one attached hydrogen (secondary N) is 1. The summed E-state index contributed by atoms with van der Waals surface area (Å²) in [6.07, 6.45) is 0. The Balaban J connectivity index is 1.70. The lowest BCUT2D eigenvalue weighted by Gasteiger charge is -2.14. The summed E-state index contributed by atoms with van der Waals surface area (Å²) >= 11 is 0. The summed E-state index contributed by atoms with van der Waals surface area (Å²) in [5.41, 5.74) is 2.74. The third-order valence-electron chi connectivity index (χ3n) is 4.35. The lowest BCUT2D eigenvalue weighted by Crippen LogP contribution is -2.27. The number of rotatable bonds is 5. The van der Waals surface area contributed by atoms with Crippen LogP contribution in [0.5, 0.6) is 5.75 Å². The number of hydrogen-bond acceptors (Lipinski definition) is 2. The Labute approximate surface area is 152 Å². The van der Waals surface area contributed by atoms with Crippen LogP contribution < -0.4 is 5.32 Å². The van der Waals surface area contributed by atoms with Crippen molar-refractivity contribution < 1.29 is 14.3 Å². The summed E-state index contributed by atoms with van der Waals surface area (Å²) in [7, 11) is 0. The van der Waals surface area contributed by atoms with Gasteiger partial charge < -0.3 is 10.4 Å². The number of amides is 1. The second-order valence-electron chi connectivity index (χ2n) is 6.21. The minimum absolute atomic E-state index is 0.156. The third-order valence-corrected chi connectivity index (χ3v) is 4.35. The molecule has 0 saturated carbocycles. The lowest BCUT2D eigenvalue weighted by molar-refractivity contribution is -0.122. The molecule has 0 aliphatic rings. The predicted molar refractivity (Wildman–Crippen MR) is 100 cm³/mol. The van der Waals surface area contributed by atoms with Gasteiger partial charge in [-0.2, -0.15) is 0 Å². The van der Waals surface area contributed by atoms with Crippen molar-refractivity contribution in [1.29, 1.82) is 0 Å². The maximum Gasteiger partial charge on any atom is 0.227 e. The fourth-order valence-corrected chi connectivity index (χ4v) is 2.81. The van der Waals surface area contributed by atoms with Crippen molar-refractivity contribution in [2.45, 2.75) is 19.4 Å². The largest absolute Gasteiger partial charge is 0.508 e. The topological polar surface area (TPSA) is 49.3 Å². The van der Waals surface area contributed by atoms with E-state index in [1.807, 2.05) is 36.4 Å². The van der Waals surface area contributed by atoms with Gasteiger partial charge in [0.2, 0.25) is 5.91 Å². The molecular weight excluding hydrogens is 329 g/mol. The standard InChI is InChI=1S/C22H20FNO2/c1-15(22(26)24-14-16-6-5-9-19(25)12-16)18-10-11-20(21(23)13-18)17-7-3-2-4-8-17/h2-13,15,25H,14H2,1H3,(H,24,26)/t15-/m1/s1. The number of hydrogen-bond donors (Lipinski definition) is 2. The minimum Gasteiger partial charge on any atom is -0.508 e. The van der Waals surface area contributed by atoms with Crippen molar-refractivity contribution in [3.63, 3.8) is 0 Å². The zero-order valence-corrected chi connectivity index (χ0v) is 14.4. The molecule has 1 amide bonds. The molecule has 132 valence electrons. The molecule has 2 N–H and O–H groups in total. The molecule has 1 atom stereocenters. The Bertz CT molecular complexity index is 909. The first-order chi connectivity index (χ1) is 12.5. The highest BCUT2D eigenvalue weighted by Gasteiger charge is 2.17. The van der Waals surface area contributed by atoms with Crippen LogP contribution in [0.4, 0.5) is 4.39 Å². The third kappa shape index (κ3) is 4.09.